The maximum atomic E-state index is 12.5. The molecule has 6 nitrogen and oxygen atoms in total. The first-order valence-electron chi connectivity index (χ1n) is 7.51. The van der Waals surface area contributed by atoms with Gasteiger partial charge in [0.05, 0.1) is 4.90 Å². The lowest BCUT2D eigenvalue weighted by Gasteiger charge is -2.25. The topological polar surface area (TPSA) is 75.7 Å². The number of hydrogen-bond donors (Lipinski definition) is 1. The van der Waals surface area contributed by atoms with Gasteiger partial charge in [0.2, 0.25) is 10.0 Å². The molecule has 1 heterocycles. The highest BCUT2D eigenvalue weighted by Crippen LogP contribution is 2.20. The van der Waals surface area contributed by atoms with E-state index in [0.29, 0.717) is 31.8 Å². The maximum Gasteiger partial charge on any atom is 0.251 e. The number of sulfonamides is 1. The number of nitrogens with zero attached hydrogens (tertiary/aromatic N) is 1. The molecule has 1 aromatic carbocycles. The van der Waals surface area contributed by atoms with Gasteiger partial charge in [-0.05, 0) is 30.7 Å². The molecule has 0 saturated carbocycles. The van der Waals surface area contributed by atoms with E-state index in [0.717, 1.165) is 17.9 Å². The van der Waals surface area contributed by atoms with E-state index in [2.05, 4.69) is 5.32 Å². The monoisotopic (exact) mass is 358 g/mol. The van der Waals surface area contributed by atoms with E-state index in [-0.39, 0.29) is 10.8 Å². The van der Waals surface area contributed by atoms with Crippen molar-refractivity contribution < 1.29 is 17.9 Å². The fourth-order valence-corrected chi connectivity index (χ4v) is 4.81. The van der Waals surface area contributed by atoms with Gasteiger partial charge in [-0.3, -0.25) is 4.79 Å². The Labute approximate surface area is 141 Å². The van der Waals surface area contributed by atoms with Crippen LogP contribution < -0.4 is 5.32 Å². The van der Waals surface area contributed by atoms with Crippen molar-refractivity contribution in [1.82, 2.24) is 9.62 Å². The molecule has 128 valence electrons. The predicted molar refractivity (Wildman–Crippen MR) is 91.4 cm³/mol. The summed E-state index contributed by atoms with van der Waals surface area (Å²) in [6, 6.07) is 6.11. The average Bonchev–Trinajstić information content (AvgIpc) is 2.59. The van der Waals surface area contributed by atoms with E-state index in [1.165, 1.54) is 16.4 Å². The lowest BCUT2D eigenvalue weighted by molar-refractivity contribution is 0.0948. The number of methoxy groups -OCH3 is 1. The van der Waals surface area contributed by atoms with Crippen LogP contribution in [0.2, 0.25) is 0 Å². The van der Waals surface area contributed by atoms with Crippen LogP contribution in [0.15, 0.2) is 29.2 Å². The molecule has 0 unspecified atom stereocenters. The first-order valence-corrected chi connectivity index (χ1v) is 10.1. The van der Waals surface area contributed by atoms with Crippen LogP contribution in [0.3, 0.4) is 0 Å². The van der Waals surface area contributed by atoms with E-state index in [9.17, 15) is 13.2 Å². The molecule has 23 heavy (non-hydrogen) atoms. The molecule has 0 atom stereocenters. The third kappa shape index (κ3) is 4.94. The lowest BCUT2D eigenvalue weighted by atomic mass is 10.2. The van der Waals surface area contributed by atoms with Gasteiger partial charge < -0.3 is 10.1 Å². The maximum absolute atomic E-state index is 12.5. The highest BCUT2D eigenvalue weighted by Gasteiger charge is 2.26. The molecule has 0 spiro atoms. The quantitative estimate of drug-likeness (QED) is 0.741. The molecule has 0 radical (unpaired) electrons. The Morgan fingerprint density at radius 1 is 1.26 bits per heavy atom. The zero-order valence-electron chi connectivity index (χ0n) is 13.2. The second kappa shape index (κ2) is 8.68. The second-order valence-corrected chi connectivity index (χ2v) is 8.31. The Hall–Kier alpha value is -1.09. The van der Waals surface area contributed by atoms with Crippen LogP contribution >= 0.6 is 11.8 Å². The van der Waals surface area contributed by atoms with Gasteiger partial charge in [0, 0.05) is 50.4 Å². The van der Waals surface area contributed by atoms with E-state index in [1.807, 2.05) is 0 Å². The molecule has 1 fully saturated rings. The molecule has 0 aliphatic carbocycles. The smallest absolute Gasteiger partial charge is 0.251 e. The summed E-state index contributed by atoms with van der Waals surface area (Å²) in [5.41, 5.74) is 0.454. The Morgan fingerprint density at radius 3 is 2.52 bits per heavy atom. The molecule has 1 aliphatic rings. The average molecular weight is 358 g/mol. The molecular formula is C15H22N2O4S2. The van der Waals surface area contributed by atoms with E-state index < -0.39 is 10.0 Å². The van der Waals surface area contributed by atoms with Gasteiger partial charge in [-0.25, -0.2) is 8.42 Å². The van der Waals surface area contributed by atoms with Crippen LogP contribution in [0.25, 0.3) is 0 Å². The molecule has 1 amide bonds. The summed E-state index contributed by atoms with van der Waals surface area (Å²) < 4.78 is 31.4. The summed E-state index contributed by atoms with van der Waals surface area (Å²) in [7, 11) is -1.84. The molecule has 1 N–H and O–H groups in total. The molecule has 1 aliphatic heterocycles. The van der Waals surface area contributed by atoms with Gasteiger partial charge in [-0.15, -0.1) is 0 Å². The fraction of sp³-hybridized carbons (Fsp3) is 0.533. The van der Waals surface area contributed by atoms with Gasteiger partial charge in [0.1, 0.15) is 0 Å². The number of carbonyl (C=O) groups excluding carboxylic acids is 1. The fourth-order valence-electron chi connectivity index (χ4n) is 2.23. The normalized spacial score (nSPS) is 16.2. The van der Waals surface area contributed by atoms with Crippen molar-refractivity contribution in [2.75, 3.05) is 44.9 Å². The Kier molecular flexibility index (Phi) is 6.88. The van der Waals surface area contributed by atoms with Crippen molar-refractivity contribution in [3.8, 4) is 0 Å². The van der Waals surface area contributed by atoms with Crippen molar-refractivity contribution in [2.45, 2.75) is 11.3 Å². The summed E-state index contributed by atoms with van der Waals surface area (Å²) in [5.74, 6) is 1.43. The molecule has 0 bridgehead atoms. The summed E-state index contributed by atoms with van der Waals surface area (Å²) >= 11 is 1.76. The first kappa shape index (κ1) is 18.3. The molecule has 2 rings (SSSR count). The van der Waals surface area contributed by atoms with E-state index >= 15 is 0 Å². The van der Waals surface area contributed by atoms with Gasteiger partial charge in [0.15, 0.2) is 0 Å². The van der Waals surface area contributed by atoms with Gasteiger partial charge in [-0.2, -0.15) is 16.1 Å². The second-order valence-electron chi connectivity index (χ2n) is 5.14. The summed E-state index contributed by atoms with van der Waals surface area (Å²) in [4.78, 5) is 12.2. The molecular weight excluding hydrogens is 336 g/mol. The SMILES string of the molecule is COCCCNC(=O)c1ccc(S(=O)(=O)N2CCSCC2)cc1. The minimum atomic E-state index is -3.46. The van der Waals surface area contributed by atoms with Crippen molar-refractivity contribution >= 4 is 27.7 Å². The number of thioether (sulfide) groups is 1. The molecule has 8 heteroatoms. The number of rotatable bonds is 7. The number of benzene rings is 1. The van der Waals surface area contributed by atoms with Crippen molar-refractivity contribution in [2.24, 2.45) is 0 Å². The summed E-state index contributed by atoms with van der Waals surface area (Å²) in [5, 5.41) is 2.77. The van der Waals surface area contributed by atoms with Crippen molar-refractivity contribution in [1.29, 1.82) is 0 Å². The van der Waals surface area contributed by atoms with E-state index in [4.69, 9.17) is 4.74 Å². The zero-order chi connectivity index (χ0) is 16.7. The molecule has 1 saturated heterocycles. The van der Waals surface area contributed by atoms with Gasteiger partial charge in [-0.1, -0.05) is 0 Å². The Balaban J connectivity index is 1.99. The minimum Gasteiger partial charge on any atom is -0.385 e. The van der Waals surface area contributed by atoms with Crippen LogP contribution in [0.4, 0.5) is 0 Å². The molecule has 0 aromatic heterocycles. The summed E-state index contributed by atoms with van der Waals surface area (Å²) in [6.45, 7) is 2.19. The van der Waals surface area contributed by atoms with Crippen LogP contribution in [-0.4, -0.2) is 63.5 Å². The number of ether oxygens (including phenoxy) is 1. The lowest BCUT2D eigenvalue weighted by Crippen LogP contribution is -2.37. The highest BCUT2D eigenvalue weighted by molar-refractivity contribution is 7.99. The first-order chi connectivity index (χ1) is 11.1. The zero-order valence-corrected chi connectivity index (χ0v) is 14.8. The van der Waals surface area contributed by atoms with Gasteiger partial charge >= 0.3 is 0 Å². The number of hydrogen-bond acceptors (Lipinski definition) is 5. The Morgan fingerprint density at radius 2 is 1.91 bits per heavy atom. The van der Waals surface area contributed by atoms with Crippen molar-refractivity contribution in [3.05, 3.63) is 29.8 Å². The van der Waals surface area contributed by atoms with E-state index in [1.54, 1.807) is 31.0 Å². The standard InChI is InChI=1S/C15H22N2O4S2/c1-21-10-2-7-16-15(18)13-3-5-14(6-4-13)23(19,20)17-8-11-22-12-9-17/h3-6H,2,7-12H2,1H3,(H,16,18). The Bertz CT molecular complexity index is 611. The summed E-state index contributed by atoms with van der Waals surface area (Å²) in [6.07, 6.45) is 0.738. The third-order valence-electron chi connectivity index (χ3n) is 3.54. The number of carbonyl (C=O) groups is 1. The van der Waals surface area contributed by atoms with Crippen LogP contribution in [-0.2, 0) is 14.8 Å². The number of nitrogens with one attached hydrogen (secondary N) is 1. The predicted octanol–water partition coefficient (Wildman–Crippen LogP) is 1.19. The van der Waals surface area contributed by atoms with Crippen LogP contribution in [0.5, 0.6) is 0 Å². The van der Waals surface area contributed by atoms with Crippen LogP contribution in [0.1, 0.15) is 16.8 Å². The highest BCUT2D eigenvalue weighted by atomic mass is 32.2. The minimum absolute atomic E-state index is 0.209. The number of amides is 1. The third-order valence-corrected chi connectivity index (χ3v) is 6.39. The largest absolute Gasteiger partial charge is 0.385 e. The van der Waals surface area contributed by atoms with Crippen LogP contribution in [0, 0.1) is 0 Å². The van der Waals surface area contributed by atoms with Gasteiger partial charge in [0.25, 0.3) is 5.91 Å². The molecule has 1 aromatic rings. The van der Waals surface area contributed by atoms with Crippen molar-refractivity contribution in [3.63, 3.8) is 0 Å².